The molecule has 0 saturated heterocycles. The van der Waals surface area contributed by atoms with Crippen LogP contribution >= 0.6 is 0 Å². The molecule has 2 nitrogen and oxygen atoms in total. The summed E-state index contributed by atoms with van der Waals surface area (Å²) < 4.78 is 0. The van der Waals surface area contributed by atoms with Crippen molar-refractivity contribution < 1.29 is 0 Å². The highest BCUT2D eigenvalue weighted by molar-refractivity contribution is 5.72. The zero-order chi connectivity index (χ0) is 9.97. The molecule has 0 amide bonds. The van der Waals surface area contributed by atoms with Crippen LogP contribution in [0, 0.1) is 6.92 Å². The number of rotatable bonds is 2. The zero-order valence-electron chi connectivity index (χ0n) is 8.93. The van der Waals surface area contributed by atoms with Gasteiger partial charge in [-0.15, -0.1) is 0 Å². The first-order chi connectivity index (χ1) is 6.79. The van der Waals surface area contributed by atoms with Gasteiger partial charge < -0.3 is 10.6 Å². The first kappa shape index (κ1) is 9.38. The first-order valence-electron chi connectivity index (χ1n) is 5.40. The summed E-state index contributed by atoms with van der Waals surface area (Å²) in [6, 6.07) is 7.10. The molecule has 0 radical (unpaired) electrons. The number of fused-ring (bicyclic) bond motifs is 1. The number of anilines is 2. The van der Waals surface area contributed by atoms with Crippen molar-refractivity contribution in [3.05, 3.63) is 23.8 Å². The molecule has 2 heteroatoms. The normalized spacial score (nSPS) is 19.4. The van der Waals surface area contributed by atoms with Crippen molar-refractivity contribution in [3.63, 3.8) is 0 Å². The second-order valence-electron chi connectivity index (χ2n) is 4.06. The Morgan fingerprint density at radius 3 is 3.00 bits per heavy atom. The molecule has 2 rings (SSSR count). The molecule has 0 fully saturated rings. The third-order valence-corrected chi connectivity index (χ3v) is 2.71. The quantitative estimate of drug-likeness (QED) is 0.749. The van der Waals surface area contributed by atoms with Gasteiger partial charge in [-0.05, 0) is 31.0 Å². The Labute approximate surface area is 85.7 Å². The van der Waals surface area contributed by atoms with Crippen LogP contribution in [0.15, 0.2) is 18.2 Å². The summed E-state index contributed by atoms with van der Waals surface area (Å²) in [7, 11) is 0. The third kappa shape index (κ3) is 1.84. The summed E-state index contributed by atoms with van der Waals surface area (Å²) in [5, 5.41) is 7.04. The van der Waals surface area contributed by atoms with Gasteiger partial charge in [0.25, 0.3) is 0 Å². The summed E-state index contributed by atoms with van der Waals surface area (Å²) in [5.74, 6) is 0. The predicted molar refractivity (Wildman–Crippen MR) is 62.0 cm³/mol. The summed E-state index contributed by atoms with van der Waals surface area (Å²) in [6.07, 6.45) is 2.47. The van der Waals surface area contributed by atoms with Crippen LogP contribution in [0.2, 0.25) is 0 Å². The minimum atomic E-state index is 0.592. The van der Waals surface area contributed by atoms with Crippen LogP contribution in [0.5, 0.6) is 0 Å². The van der Waals surface area contributed by atoms with Crippen LogP contribution in [0.3, 0.4) is 0 Å². The van der Waals surface area contributed by atoms with E-state index in [-0.39, 0.29) is 0 Å². The molecule has 0 aliphatic carbocycles. The van der Waals surface area contributed by atoms with Gasteiger partial charge in [0, 0.05) is 12.6 Å². The molecule has 0 bridgehead atoms. The highest BCUT2D eigenvalue weighted by Gasteiger charge is 2.15. The van der Waals surface area contributed by atoms with Crippen molar-refractivity contribution in [2.45, 2.75) is 32.7 Å². The fraction of sp³-hybridized carbons (Fsp3) is 0.500. The van der Waals surface area contributed by atoms with E-state index in [1.54, 1.807) is 0 Å². The predicted octanol–water partition coefficient (Wildman–Crippen LogP) is 3.00. The largest absolute Gasteiger partial charge is 0.381 e. The average Bonchev–Trinajstić information content (AvgIpc) is 2.17. The van der Waals surface area contributed by atoms with E-state index in [2.05, 4.69) is 42.7 Å². The molecule has 76 valence electrons. The van der Waals surface area contributed by atoms with Gasteiger partial charge in [-0.3, -0.25) is 0 Å². The second kappa shape index (κ2) is 3.91. The first-order valence-corrected chi connectivity index (χ1v) is 5.40. The van der Waals surface area contributed by atoms with Crippen molar-refractivity contribution >= 4 is 11.4 Å². The Balaban J connectivity index is 2.16. The molecule has 0 unspecified atom stereocenters. The van der Waals surface area contributed by atoms with Crippen LogP contribution in [-0.2, 0) is 0 Å². The second-order valence-corrected chi connectivity index (χ2v) is 4.06. The van der Waals surface area contributed by atoms with Gasteiger partial charge in [0.1, 0.15) is 0 Å². The number of hydrogen-bond donors (Lipinski definition) is 2. The van der Waals surface area contributed by atoms with Gasteiger partial charge in [-0.1, -0.05) is 19.4 Å². The van der Waals surface area contributed by atoms with Crippen LogP contribution < -0.4 is 10.6 Å². The smallest absolute Gasteiger partial charge is 0.0581 e. The topological polar surface area (TPSA) is 24.1 Å². The standard InChI is InChI=1S/C12H18N2/c1-3-4-10-8-13-11-6-5-9(2)7-12(11)14-10/h5-7,10,13-14H,3-4,8H2,1-2H3/t10-/m1/s1. The molecule has 0 spiro atoms. The van der Waals surface area contributed by atoms with E-state index >= 15 is 0 Å². The van der Waals surface area contributed by atoms with E-state index in [0.29, 0.717) is 6.04 Å². The van der Waals surface area contributed by atoms with Crippen molar-refractivity contribution in [2.75, 3.05) is 17.2 Å². The lowest BCUT2D eigenvalue weighted by Gasteiger charge is -2.28. The molecule has 1 aliphatic heterocycles. The summed E-state index contributed by atoms with van der Waals surface area (Å²) in [6.45, 7) is 5.41. The number of benzene rings is 1. The minimum Gasteiger partial charge on any atom is -0.381 e. The van der Waals surface area contributed by atoms with Crippen LogP contribution in [0.1, 0.15) is 25.3 Å². The van der Waals surface area contributed by atoms with Crippen molar-refractivity contribution in [3.8, 4) is 0 Å². The molecule has 1 aromatic rings. The van der Waals surface area contributed by atoms with Gasteiger partial charge in [0.05, 0.1) is 11.4 Å². The summed E-state index contributed by atoms with van der Waals surface area (Å²) in [4.78, 5) is 0. The molecule has 2 N–H and O–H groups in total. The Morgan fingerprint density at radius 1 is 1.36 bits per heavy atom. The highest BCUT2D eigenvalue weighted by Crippen LogP contribution is 2.27. The lowest BCUT2D eigenvalue weighted by atomic mass is 10.1. The third-order valence-electron chi connectivity index (χ3n) is 2.71. The number of hydrogen-bond acceptors (Lipinski definition) is 2. The molecule has 1 atom stereocenters. The fourth-order valence-corrected chi connectivity index (χ4v) is 1.96. The Morgan fingerprint density at radius 2 is 2.21 bits per heavy atom. The van der Waals surface area contributed by atoms with Crippen LogP contribution in [0.4, 0.5) is 11.4 Å². The Hall–Kier alpha value is -1.18. The Bertz CT molecular complexity index is 320. The minimum absolute atomic E-state index is 0.592. The molecule has 1 aliphatic rings. The molecule has 0 saturated carbocycles. The van der Waals surface area contributed by atoms with Gasteiger partial charge in [0.15, 0.2) is 0 Å². The van der Waals surface area contributed by atoms with Gasteiger partial charge in [-0.2, -0.15) is 0 Å². The van der Waals surface area contributed by atoms with Gasteiger partial charge >= 0.3 is 0 Å². The van der Waals surface area contributed by atoms with E-state index in [4.69, 9.17) is 0 Å². The van der Waals surface area contributed by atoms with Gasteiger partial charge in [0.2, 0.25) is 0 Å². The fourth-order valence-electron chi connectivity index (χ4n) is 1.96. The molecule has 1 heterocycles. The summed E-state index contributed by atoms with van der Waals surface area (Å²) >= 11 is 0. The van der Waals surface area contributed by atoms with Crippen molar-refractivity contribution in [1.29, 1.82) is 0 Å². The van der Waals surface area contributed by atoms with E-state index in [1.165, 1.54) is 29.8 Å². The average molecular weight is 190 g/mol. The number of aryl methyl sites for hydroxylation is 1. The van der Waals surface area contributed by atoms with E-state index < -0.39 is 0 Å². The molecular weight excluding hydrogens is 172 g/mol. The number of nitrogens with one attached hydrogen (secondary N) is 2. The molecule has 14 heavy (non-hydrogen) atoms. The van der Waals surface area contributed by atoms with Crippen molar-refractivity contribution in [1.82, 2.24) is 0 Å². The molecule has 1 aromatic carbocycles. The SMILES string of the molecule is CCC[C@@H]1CNc2ccc(C)cc2N1. The highest BCUT2D eigenvalue weighted by atomic mass is 15.1. The summed E-state index contributed by atoms with van der Waals surface area (Å²) in [5.41, 5.74) is 3.81. The van der Waals surface area contributed by atoms with E-state index in [0.717, 1.165) is 6.54 Å². The zero-order valence-corrected chi connectivity index (χ0v) is 8.93. The molecule has 0 aromatic heterocycles. The maximum absolute atomic E-state index is 3.58. The maximum Gasteiger partial charge on any atom is 0.0581 e. The van der Waals surface area contributed by atoms with Crippen molar-refractivity contribution in [2.24, 2.45) is 0 Å². The Kier molecular flexibility index (Phi) is 2.62. The lowest BCUT2D eigenvalue weighted by molar-refractivity contribution is 0.655. The van der Waals surface area contributed by atoms with Gasteiger partial charge in [-0.25, -0.2) is 0 Å². The van der Waals surface area contributed by atoms with E-state index in [1.807, 2.05) is 0 Å². The van der Waals surface area contributed by atoms with Crippen LogP contribution in [0.25, 0.3) is 0 Å². The molecular formula is C12H18N2. The van der Waals surface area contributed by atoms with E-state index in [9.17, 15) is 0 Å². The van der Waals surface area contributed by atoms with Crippen LogP contribution in [-0.4, -0.2) is 12.6 Å². The monoisotopic (exact) mass is 190 g/mol. The maximum atomic E-state index is 3.58. The lowest BCUT2D eigenvalue weighted by Crippen LogP contribution is -2.32.